The van der Waals surface area contributed by atoms with Crippen molar-refractivity contribution in [1.82, 2.24) is 20.0 Å². The van der Waals surface area contributed by atoms with E-state index in [1.807, 2.05) is 21.3 Å². The van der Waals surface area contributed by atoms with Crippen LogP contribution in [0.2, 0.25) is 0 Å². The lowest BCUT2D eigenvalue weighted by atomic mass is 9.53. The van der Waals surface area contributed by atoms with Crippen LogP contribution in [0.3, 0.4) is 0 Å². The standard InChI is InChI=1S/C30H38N6O5/c1-29(2,39)16-40-24-8-7-23-21(13-32-36(23)25(24)18-5-6-18)27(38)33-19-9-30(10-19)11-20(12-30)41-28-22(26(31)37)15-35(34-28)14-17-3-4-17/h7-8,13,15,17-20,39H,3-6,9-12,14,16H2,1-2H3,(H3,31,33,37,38)/p+1. The molecule has 5 N–H and O–H groups in total. The van der Waals surface area contributed by atoms with Crippen molar-refractivity contribution in [2.75, 3.05) is 6.61 Å². The number of aromatic nitrogens is 4. The summed E-state index contributed by atoms with van der Waals surface area (Å²) in [6, 6.07) is 3.88. The Bertz CT molecular complexity index is 1500. The maximum absolute atomic E-state index is 13.3. The summed E-state index contributed by atoms with van der Waals surface area (Å²) in [5, 5.41) is 21.1. The highest BCUT2D eigenvalue weighted by atomic mass is 16.5. The van der Waals surface area contributed by atoms with Gasteiger partial charge < -0.3 is 25.6 Å². The molecule has 11 nitrogen and oxygen atoms in total. The van der Waals surface area contributed by atoms with Crippen molar-refractivity contribution in [2.24, 2.45) is 17.1 Å². The SMILES string of the molecule is CC(C)(O)COc1ccc2c(C(=O)NC3CC4(C3)CC(Oc3[nH][n+](CC5CC5)cc3C(N)=O)C4)cnn2c1C1CC1. The van der Waals surface area contributed by atoms with E-state index in [4.69, 9.17) is 15.2 Å². The number of amides is 2. The van der Waals surface area contributed by atoms with Crippen LogP contribution in [0.5, 0.6) is 11.6 Å². The molecule has 4 aliphatic rings. The molecular formula is C30H39N6O5+. The lowest BCUT2D eigenvalue weighted by Gasteiger charge is -2.57. The maximum Gasteiger partial charge on any atom is 0.262 e. The van der Waals surface area contributed by atoms with Crippen LogP contribution >= 0.6 is 0 Å². The first-order valence-electron chi connectivity index (χ1n) is 14.8. The van der Waals surface area contributed by atoms with Gasteiger partial charge in [-0.15, -0.1) is 9.78 Å². The molecular weight excluding hydrogens is 524 g/mol. The summed E-state index contributed by atoms with van der Waals surface area (Å²) in [6.07, 6.45) is 11.6. The molecule has 218 valence electrons. The van der Waals surface area contributed by atoms with Crippen LogP contribution in [0.25, 0.3) is 5.52 Å². The highest BCUT2D eigenvalue weighted by molar-refractivity contribution is 6.01. The largest absolute Gasteiger partial charge is 0.489 e. The van der Waals surface area contributed by atoms with Crippen LogP contribution in [0.4, 0.5) is 0 Å². The summed E-state index contributed by atoms with van der Waals surface area (Å²) in [5.41, 5.74) is 7.52. The summed E-state index contributed by atoms with van der Waals surface area (Å²) < 4.78 is 15.9. The molecule has 3 aromatic heterocycles. The molecule has 0 atom stereocenters. The number of nitrogens with zero attached hydrogens (tertiary/aromatic N) is 3. The van der Waals surface area contributed by atoms with E-state index >= 15 is 0 Å². The van der Waals surface area contributed by atoms with Gasteiger partial charge in [-0.2, -0.15) is 5.10 Å². The van der Waals surface area contributed by atoms with Gasteiger partial charge in [-0.3, -0.25) is 9.59 Å². The second-order valence-electron chi connectivity index (χ2n) is 13.5. The molecule has 2 amide bonds. The molecule has 41 heavy (non-hydrogen) atoms. The predicted octanol–water partition coefficient (Wildman–Crippen LogP) is 2.61. The number of ether oxygens (including phenoxy) is 2. The van der Waals surface area contributed by atoms with E-state index in [9.17, 15) is 14.7 Å². The average molecular weight is 564 g/mol. The predicted molar refractivity (Wildman–Crippen MR) is 148 cm³/mol. The van der Waals surface area contributed by atoms with Crippen LogP contribution in [0.15, 0.2) is 24.5 Å². The van der Waals surface area contributed by atoms with Gasteiger partial charge in [0.15, 0.2) is 12.1 Å². The molecule has 1 spiro atoms. The molecule has 0 bridgehead atoms. The molecule has 4 saturated carbocycles. The second kappa shape index (κ2) is 9.47. The fourth-order valence-electron chi connectivity index (χ4n) is 6.56. The number of rotatable bonds is 11. The van der Waals surface area contributed by atoms with E-state index in [0.29, 0.717) is 34.6 Å². The molecule has 0 saturated heterocycles. The first-order valence-corrected chi connectivity index (χ1v) is 14.8. The Morgan fingerprint density at radius 2 is 1.95 bits per heavy atom. The fraction of sp³-hybridized carbons (Fsp3) is 0.600. The van der Waals surface area contributed by atoms with Gasteiger partial charge in [-0.05, 0) is 82.8 Å². The number of carbonyl (C=O) groups is 2. The molecule has 3 aromatic rings. The number of hydrogen-bond acceptors (Lipinski definition) is 6. The Morgan fingerprint density at radius 3 is 2.61 bits per heavy atom. The minimum atomic E-state index is -0.940. The number of nitrogens with two attached hydrogens (primary N) is 1. The van der Waals surface area contributed by atoms with E-state index in [0.717, 1.165) is 56.3 Å². The number of nitrogens with one attached hydrogen (secondary N) is 2. The number of hydrogen-bond donors (Lipinski definition) is 4. The van der Waals surface area contributed by atoms with Crippen molar-refractivity contribution in [2.45, 2.75) is 95.4 Å². The number of primary amides is 1. The van der Waals surface area contributed by atoms with Crippen molar-refractivity contribution >= 4 is 17.3 Å². The quantitative estimate of drug-likeness (QED) is 0.264. The molecule has 7 rings (SSSR count). The Kier molecular flexibility index (Phi) is 6.08. The third kappa shape index (κ3) is 5.27. The molecule has 0 aromatic carbocycles. The first kappa shape index (κ1) is 26.3. The summed E-state index contributed by atoms with van der Waals surface area (Å²) in [6.45, 7) is 4.46. The van der Waals surface area contributed by atoms with E-state index in [1.165, 1.54) is 12.8 Å². The van der Waals surface area contributed by atoms with Gasteiger partial charge in [0.2, 0.25) is 6.20 Å². The Morgan fingerprint density at radius 1 is 1.20 bits per heavy atom. The van der Waals surface area contributed by atoms with Gasteiger partial charge in [-0.25, -0.2) is 4.52 Å². The number of aromatic amines is 1. The van der Waals surface area contributed by atoms with E-state index in [-0.39, 0.29) is 30.1 Å². The van der Waals surface area contributed by atoms with E-state index in [2.05, 4.69) is 15.5 Å². The Labute approximate surface area is 238 Å². The van der Waals surface area contributed by atoms with Gasteiger partial charge in [0.05, 0.1) is 28.6 Å². The minimum Gasteiger partial charge on any atom is -0.489 e. The summed E-state index contributed by atoms with van der Waals surface area (Å²) in [4.78, 5) is 25.2. The van der Waals surface area contributed by atoms with Crippen molar-refractivity contribution in [3.05, 3.63) is 41.3 Å². The number of fused-ring (bicyclic) bond motifs is 1. The third-order valence-electron chi connectivity index (χ3n) is 8.96. The molecule has 4 fully saturated rings. The normalized spacial score (nSPS) is 25.5. The number of carbonyl (C=O) groups excluding carboxylic acids is 2. The van der Waals surface area contributed by atoms with Crippen molar-refractivity contribution < 1.29 is 28.9 Å². The number of pyridine rings is 1. The van der Waals surface area contributed by atoms with Crippen molar-refractivity contribution in [3.63, 3.8) is 0 Å². The highest BCUT2D eigenvalue weighted by Gasteiger charge is 2.54. The van der Waals surface area contributed by atoms with Crippen molar-refractivity contribution in [3.8, 4) is 11.6 Å². The van der Waals surface area contributed by atoms with Crippen LogP contribution in [-0.2, 0) is 6.54 Å². The van der Waals surface area contributed by atoms with Crippen LogP contribution in [-0.4, -0.2) is 56.0 Å². The zero-order chi connectivity index (χ0) is 28.5. The van der Waals surface area contributed by atoms with Crippen LogP contribution < -0.4 is 25.2 Å². The lowest BCUT2D eigenvalue weighted by Crippen LogP contribution is -2.58. The zero-order valence-corrected chi connectivity index (χ0v) is 23.7. The zero-order valence-electron chi connectivity index (χ0n) is 23.7. The molecule has 11 heteroatoms. The lowest BCUT2D eigenvalue weighted by molar-refractivity contribution is -0.753. The summed E-state index contributed by atoms with van der Waals surface area (Å²) in [7, 11) is 0. The monoisotopic (exact) mass is 563 g/mol. The first-order chi connectivity index (χ1) is 19.6. The molecule has 3 heterocycles. The van der Waals surface area contributed by atoms with Gasteiger partial charge in [-0.1, -0.05) is 0 Å². The molecule has 0 radical (unpaired) electrons. The number of aliphatic hydroxyl groups is 1. The number of H-pyrrole nitrogens is 1. The summed E-state index contributed by atoms with van der Waals surface area (Å²) in [5.74, 6) is 1.59. The molecule has 0 unspecified atom stereocenters. The summed E-state index contributed by atoms with van der Waals surface area (Å²) >= 11 is 0. The van der Waals surface area contributed by atoms with Crippen molar-refractivity contribution in [1.29, 1.82) is 0 Å². The molecule has 4 aliphatic carbocycles. The van der Waals surface area contributed by atoms with Gasteiger partial charge >= 0.3 is 0 Å². The van der Waals surface area contributed by atoms with E-state index < -0.39 is 11.5 Å². The third-order valence-corrected chi connectivity index (χ3v) is 8.96. The topological polar surface area (TPSA) is 148 Å². The smallest absolute Gasteiger partial charge is 0.262 e. The Hall–Kier alpha value is -3.60. The molecule has 0 aliphatic heterocycles. The fourth-order valence-corrected chi connectivity index (χ4v) is 6.56. The van der Waals surface area contributed by atoms with Gasteiger partial charge in [0.1, 0.15) is 18.5 Å². The second-order valence-corrected chi connectivity index (χ2v) is 13.5. The maximum atomic E-state index is 13.3. The highest BCUT2D eigenvalue weighted by Crippen LogP contribution is 2.57. The van der Waals surface area contributed by atoms with Gasteiger partial charge in [0.25, 0.3) is 17.7 Å². The Balaban J connectivity index is 0.954. The van der Waals surface area contributed by atoms with Gasteiger partial charge in [0, 0.05) is 17.9 Å². The van der Waals surface area contributed by atoms with Crippen LogP contribution in [0.1, 0.15) is 97.5 Å². The van der Waals surface area contributed by atoms with E-state index in [1.54, 1.807) is 26.2 Å². The van der Waals surface area contributed by atoms with Crippen LogP contribution in [0, 0.1) is 11.3 Å². The minimum absolute atomic E-state index is 0.0334. The average Bonchev–Trinajstić information content (AvgIpc) is 3.78.